The molecule has 3 N–H and O–H groups in total. The molecule has 0 saturated heterocycles. The van der Waals surface area contributed by atoms with Gasteiger partial charge in [-0.15, -0.1) is 0 Å². The lowest BCUT2D eigenvalue weighted by molar-refractivity contribution is -0.134. The fourth-order valence-corrected chi connectivity index (χ4v) is 1.75. The van der Waals surface area contributed by atoms with Gasteiger partial charge in [0.2, 0.25) is 17.8 Å². The van der Waals surface area contributed by atoms with E-state index >= 15 is 0 Å². The lowest BCUT2D eigenvalue weighted by atomic mass is 10.2. The molecular formula is C13H17F3N8. The summed E-state index contributed by atoms with van der Waals surface area (Å²) in [5.41, 5.74) is 5.92. The van der Waals surface area contributed by atoms with E-state index in [-0.39, 0.29) is 24.9 Å². The van der Waals surface area contributed by atoms with Crippen molar-refractivity contribution in [2.45, 2.75) is 25.6 Å². The minimum atomic E-state index is -4.22. The van der Waals surface area contributed by atoms with E-state index in [0.29, 0.717) is 17.5 Å². The van der Waals surface area contributed by atoms with Crippen molar-refractivity contribution in [2.75, 3.05) is 30.0 Å². The zero-order chi connectivity index (χ0) is 17.7. The molecule has 0 aliphatic heterocycles. The van der Waals surface area contributed by atoms with Crippen LogP contribution in [0, 0.1) is 0 Å². The molecule has 0 radical (unpaired) electrons. The van der Waals surface area contributed by atoms with Crippen LogP contribution in [0.15, 0.2) is 12.3 Å². The number of alkyl halides is 3. The highest BCUT2D eigenvalue weighted by atomic mass is 19.4. The number of anilines is 3. The van der Waals surface area contributed by atoms with Crippen molar-refractivity contribution in [3.05, 3.63) is 23.8 Å². The van der Waals surface area contributed by atoms with E-state index in [1.807, 2.05) is 0 Å². The van der Waals surface area contributed by atoms with Crippen LogP contribution in [0.5, 0.6) is 0 Å². The molecule has 0 atom stereocenters. The Morgan fingerprint density at radius 3 is 2.58 bits per heavy atom. The van der Waals surface area contributed by atoms with E-state index < -0.39 is 12.6 Å². The van der Waals surface area contributed by atoms with Gasteiger partial charge in [-0.3, -0.25) is 0 Å². The molecule has 130 valence electrons. The monoisotopic (exact) mass is 342 g/mol. The first-order chi connectivity index (χ1) is 11.2. The average molecular weight is 342 g/mol. The predicted octanol–water partition coefficient (Wildman–Crippen LogP) is 1.42. The van der Waals surface area contributed by atoms with Gasteiger partial charge in [-0.25, -0.2) is 9.97 Å². The first kappa shape index (κ1) is 17.6. The number of nitrogen functional groups attached to an aromatic ring is 1. The second-order valence-corrected chi connectivity index (χ2v) is 5.14. The highest BCUT2D eigenvalue weighted by molar-refractivity contribution is 5.33. The topological polar surface area (TPSA) is 106 Å². The number of hydrogen-bond donors (Lipinski definition) is 2. The third kappa shape index (κ3) is 5.48. The summed E-state index contributed by atoms with van der Waals surface area (Å²) in [5, 5.41) is 2.86. The van der Waals surface area contributed by atoms with Crippen LogP contribution in [0.25, 0.3) is 0 Å². The molecule has 0 aliphatic rings. The van der Waals surface area contributed by atoms with Gasteiger partial charge in [0, 0.05) is 32.4 Å². The van der Waals surface area contributed by atoms with E-state index in [1.54, 1.807) is 19.0 Å². The van der Waals surface area contributed by atoms with Gasteiger partial charge in [0.1, 0.15) is 0 Å². The predicted molar refractivity (Wildman–Crippen MR) is 82.3 cm³/mol. The zero-order valence-corrected chi connectivity index (χ0v) is 13.2. The van der Waals surface area contributed by atoms with Gasteiger partial charge >= 0.3 is 6.18 Å². The first-order valence-electron chi connectivity index (χ1n) is 7.03. The molecule has 0 amide bonds. The molecule has 2 aromatic heterocycles. The molecule has 0 aliphatic carbocycles. The van der Waals surface area contributed by atoms with E-state index in [0.717, 1.165) is 0 Å². The van der Waals surface area contributed by atoms with Crippen molar-refractivity contribution >= 4 is 17.8 Å². The molecule has 0 aromatic carbocycles. The SMILES string of the molecule is CN(C)c1nc(N)nc(CNc2nccc(CCC(F)(F)F)n2)n1. The van der Waals surface area contributed by atoms with Gasteiger partial charge in [-0.2, -0.15) is 28.1 Å². The van der Waals surface area contributed by atoms with Gasteiger partial charge in [-0.1, -0.05) is 0 Å². The summed E-state index contributed by atoms with van der Waals surface area (Å²) >= 11 is 0. The Labute approximate surface area is 136 Å². The molecule has 2 heterocycles. The molecule has 2 aromatic rings. The van der Waals surface area contributed by atoms with Crippen molar-refractivity contribution in [1.29, 1.82) is 0 Å². The van der Waals surface area contributed by atoms with Crippen LogP contribution in [-0.2, 0) is 13.0 Å². The van der Waals surface area contributed by atoms with Gasteiger partial charge in [0.05, 0.1) is 6.54 Å². The first-order valence-corrected chi connectivity index (χ1v) is 7.03. The van der Waals surface area contributed by atoms with Crippen molar-refractivity contribution < 1.29 is 13.2 Å². The number of halogens is 3. The van der Waals surface area contributed by atoms with Crippen molar-refractivity contribution in [1.82, 2.24) is 24.9 Å². The zero-order valence-electron chi connectivity index (χ0n) is 13.2. The number of nitrogens with two attached hydrogens (primary N) is 1. The highest BCUT2D eigenvalue weighted by Gasteiger charge is 2.26. The second-order valence-electron chi connectivity index (χ2n) is 5.14. The van der Waals surface area contributed by atoms with Gasteiger partial charge in [0.15, 0.2) is 5.82 Å². The number of nitrogens with one attached hydrogen (secondary N) is 1. The molecular weight excluding hydrogens is 325 g/mol. The van der Waals surface area contributed by atoms with Gasteiger partial charge < -0.3 is 16.0 Å². The van der Waals surface area contributed by atoms with Crippen LogP contribution in [0.4, 0.5) is 31.0 Å². The van der Waals surface area contributed by atoms with Crippen LogP contribution < -0.4 is 16.0 Å². The van der Waals surface area contributed by atoms with Crippen LogP contribution in [0.1, 0.15) is 17.9 Å². The third-order valence-corrected chi connectivity index (χ3v) is 2.87. The Morgan fingerprint density at radius 2 is 1.92 bits per heavy atom. The van der Waals surface area contributed by atoms with Crippen molar-refractivity contribution in [3.63, 3.8) is 0 Å². The molecule has 0 saturated carbocycles. The molecule has 0 fully saturated rings. The Morgan fingerprint density at radius 1 is 1.17 bits per heavy atom. The van der Waals surface area contributed by atoms with E-state index in [2.05, 4.69) is 30.2 Å². The van der Waals surface area contributed by atoms with Crippen LogP contribution in [0.2, 0.25) is 0 Å². The second kappa shape index (κ2) is 7.23. The van der Waals surface area contributed by atoms with Crippen molar-refractivity contribution in [3.8, 4) is 0 Å². The summed E-state index contributed by atoms with van der Waals surface area (Å²) in [4.78, 5) is 21.8. The summed E-state index contributed by atoms with van der Waals surface area (Å²) in [6.07, 6.45) is -3.96. The lowest BCUT2D eigenvalue weighted by Gasteiger charge is -2.12. The van der Waals surface area contributed by atoms with Gasteiger partial charge in [-0.05, 0) is 12.5 Å². The largest absolute Gasteiger partial charge is 0.389 e. The summed E-state index contributed by atoms with van der Waals surface area (Å²) in [7, 11) is 3.53. The van der Waals surface area contributed by atoms with Crippen molar-refractivity contribution in [2.24, 2.45) is 0 Å². The maximum Gasteiger partial charge on any atom is 0.389 e. The van der Waals surface area contributed by atoms with E-state index in [4.69, 9.17) is 5.73 Å². The van der Waals surface area contributed by atoms with E-state index in [1.165, 1.54) is 12.3 Å². The maximum atomic E-state index is 12.3. The smallest absolute Gasteiger partial charge is 0.368 e. The Bertz CT molecular complexity index is 689. The maximum absolute atomic E-state index is 12.3. The highest BCUT2D eigenvalue weighted by Crippen LogP contribution is 2.21. The number of aromatic nitrogens is 5. The molecule has 24 heavy (non-hydrogen) atoms. The molecule has 0 unspecified atom stereocenters. The van der Waals surface area contributed by atoms with Crippen LogP contribution in [-0.4, -0.2) is 45.2 Å². The minimum absolute atomic E-state index is 0.0744. The molecule has 11 heteroatoms. The third-order valence-electron chi connectivity index (χ3n) is 2.87. The molecule has 0 bridgehead atoms. The molecule has 8 nitrogen and oxygen atoms in total. The summed E-state index contributed by atoms with van der Waals surface area (Å²) < 4.78 is 36.8. The number of nitrogens with zero attached hydrogens (tertiary/aromatic N) is 6. The Balaban J connectivity index is 2.02. The molecule has 0 spiro atoms. The van der Waals surface area contributed by atoms with Crippen LogP contribution >= 0.6 is 0 Å². The number of rotatable bonds is 6. The average Bonchev–Trinajstić information content (AvgIpc) is 2.50. The fourth-order valence-electron chi connectivity index (χ4n) is 1.75. The van der Waals surface area contributed by atoms with E-state index in [9.17, 15) is 13.2 Å². The quantitative estimate of drug-likeness (QED) is 0.812. The Hall–Kier alpha value is -2.72. The summed E-state index contributed by atoms with van der Waals surface area (Å²) in [6.45, 7) is 0.163. The van der Waals surface area contributed by atoms with Gasteiger partial charge in [0.25, 0.3) is 0 Å². The fraction of sp³-hybridized carbons (Fsp3) is 0.462. The minimum Gasteiger partial charge on any atom is -0.368 e. The molecule has 2 rings (SSSR count). The normalized spacial score (nSPS) is 11.4. The van der Waals surface area contributed by atoms with Crippen LogP contribution in [0.3, 0.4) is 0 Å². The standard InChI is InChI=1S/C13H17F3N8/c1-24(2)12-22-9(21-10(17)23-12)7-19-11-18-6-4-8(20-11)3-5-13(14,15)16/h4,6H,3,5,7H2,1-2H3,(H,18,19,20)(H2,17,21,22,23). The lowest BCUT2D eigenvalue weighted by Crippen LogP contribution is -2.17. The summed E-state index contributed by atoms with van der Waals surface area (Å²) in [5.74, 6) is 1.04. The number of aryl methyl sites for hydroxylation is 1. The Kier molecular flexibility index (Phi) is 5.31. The summed E-state index contributed by atoms with van der Waals surface area (Å²) in [6, 6.07) is 1.45. The number of hydrogen-bond acceptors (Lipinski definition) is 8.